The van der Waals surface area contributed by atoms with E-state index in [-0.39, 0.29) is 12.3 Å². The number of fused-ring (bicyclic) bond motifs is 1. The molecule has 1 amide bonds. The number of thioether (sulfide) groups is 1. The molecule has 0 radical (unpaired) electrons. The summed E-state index contributed by atoms with van der Waals surface area (Å²) in [6.07, 6.45) is 0.260. The fourth-order valence-electron chi connectivity index (χ4n) is 2.68. The molecule has 0 atom stereocenters. The number of hydrogen-bond acceptors (Lipinski definition) is 6. The maximum atomic E-state index is 12.4. The van der Waals surface area contributed by atoms with Gasteiger partial charge < -0.3 is 5.32 Å². The molecule has 0 aliphatic heterocycles. The molecule has 2 aromatic heterocycles. The summed E-state index contributed by atoms with van der Waals surface area (Å²) in [5, 5.41) is 5.49. The van der Waals surface area contributed by atoms with E-state index in [1.165, 1.54) is 28.0 Å². The highest BCUT2D eigenvalue weighted by Crippen LogP contribution is 2.28. The van der Waals surface area contributed by atoms with E-state index in [1.54, 1.807) is 23.1 Å². The first kappa shape index (κ1) is 19.1. The van der Waals surface area contributed by atoms with E-state index >= 15 is 0 Å². The van der Waals surface area contributed by atoms with Gasteiger partial charge in [-0.1, -0.05) is 59.0 Å². The monoisotopic (exact) mass is 425 g/mol. The van der Waals surface area contributed by atoms with Crippen LogP contribution in [0, 0.1) is 13.8 Å². The zero-order valence-corrected chi connectivity index (χ0v) is 18.0. The van der Waals surface area contributed by atoms with Crippen LogP contribution in [0.15, 0.2) is 52.2 Å². The average Bonchev–Trinajstić information content (AvgIpc) is 3.27. The Morgan fingerprint density at radius 3 is 2.68 bits per heavy atom. The van der Waals surface area contributed by atoms with Crippen LogP contribution in [0.5, 0.6) is 0 Å². The molecule has 0 spiro atoms. The Bertz CT molecular complexity index is 1120. The van der Waals surface area contributed by atoms with Crippen molar-refractivity contribution in [3.63, 3.8) is 0 Å². The number of thiazole rings is 2. The molecule has 4 nitrogen and oxygen atoms in total. The number of nitrogens with zero attached hydrogens (tertiary/aromatic N) is 2. The molecule has 7 heteroatoms. The van der Waals surface area contributed by atoms with Crippen molar-refractivity contribution in [3.05, 3.63) is 70.2 Å². The molecule has 2 aromatic carbocycles. The predicted octanol–water partition coefficient (Wildman–Crippen LogP) is 5.84. The molecule has 0 bridgehead atoms. The number of aromatic nitrogens is 2. The third-order valence-corrected chi connectivity index (χ3v) is 7.22. The molecule has 0 fully saturated rings. The number of rotatable bonds is 6. The van der Waals surface area contributed by atoms with E-state index in [4.69, 9.17) is 0 Å². The van der Waals surface area contributed by atoms with Crippen molar-refractivity contribution in [1.29, 1.82) is 0 Å². The van der Waals surface area contributed by atoms with E-state index in [1.807, 2.05) is 24.4 Å². The van der Waals surface area contributed by atoms with Crippen LogP contribution in [0.25, 0.3) is 10.2 Å². The first-order valence-corrected chi connectivity index (χ1v) is 11.5. The van der Waals surface area contributed by atoms with Gasteiger partial charge in [-0.3, -0.25) is 4.79 Å². The molecule has 4 aromatic rings. The number of nitrogens with one attached hydrogen (secondary N) is 1. The standard InChI is InChI=1S/C21H19N3OS3/c1-13-3-6-15(7-4-13)11-26-21-22-16(12-27-21)10-19(25)24-20-23-17-8-5-14(2)9-18(17)28-20/h3-9,12H,10-11H2,1-2H3,(H,23,24,25). The topological polar surface area (TPSA) is 54.9 Å². The molecule has 0 saturated heterocycles. The van der Waals surface area contributed by atoms with E-state index in [9.17, 15) is 4.79 Å². The summed E-state index contributed by atoms with van der Waals surface area (Å²) in [7, 11) is 0. The summed E-state index contributed by atoms with van der Waals surface area (Å²) >= 11 is 4.78. The van der Waals surface area contributed by atoms with Gasteiger partial charge in [-0.25, -0.2) is 9.97 Å². The second kappa shape index (κ2) is 8.43. The van der Waals surface area contributed by atoms with Crippen molar-refractivity contribution in [2.45, 2.75) is 30.4 Å². The molecule has 4 rings (SSSR count). The summed E-state index contributed by atoms with van der Waals surface area (Å²) in [6.45, 7) is 4.14. The number of benzene rings is 2. The van der Waals surface area contributed by atoms with Gasteiger partial charge in [0.2, 0.25) is 5.91 Å². The van der Waals surface area contributed by atoms with Gasteiger partial charge in [0.1, 0.15) is 4.34 Å². The zero-order chi connectivity index (χ0) is 19.5. The van der Waals surface area contributed by atoms with Gasteiger partial charge in [0.05, 0.1) is 22.3 Å². The van der Waals surface area contributed by atoms with Crippen molar-refractivity contribution in [1.82, 2.24) is 9.97 Å². The van der Waals surface area contributed by atoms with Crippen LogP contribution in [0.2, 0.25) is 0 Å². The number of hydrogen-bond donors (Lipinski definition) is 1. The van der Waals surface area contributed by atoms with Gasteiger partial charge in [0.25, 0.3) is 0 Å². The number of carbonyl (C=O) groups excluding carboxylic acids is 1. The number of amides is 1. The summed E-state index contributed by atoms with van der Waals surface area (Å²) in [5.41, 5.74) is 5.43. The zero-order valence-electron chi connectivity index (χ0n) is 15.6. The van der Waals surface area contributed by atoms with Crippen LogP contribution in [-0.4, -0.2) is 15.9 Å². The van der Waals surface area contributed by atoms with Crippen LogP contribution in [0.1, 0.15) is 22.4 Å². The molecule has 0 unspecified atom stereocenters. The Kier molecular flexibility index (Phi) is 5.75. The van der Waals surface area contributed by atoms with Crippen LogP contribution in [-0.2, 0) is 17.0 Å². The van der Waals surface area contributed by atoms with Gasteiger partial charge in [-0.05, 0) is 37.1 Å². The van der Waals surface area contributed by atoms with Crippen LogP contribution in [0.3, 0.4) is 0 Å². The Balaban J connectivity index is 1.33. The molecular formula is C21H19N3OS3. The van der Waals surface area contributed by atoms with Gasteiger partial charge in [-0.2, -0.15) is 0 Å². The lowest BCUT2D eigenvalue weighted by Crippen LogP contribution is -2.14. The van der Waals surface area contributed by atoms with Crippen molar-refractivity contribution in [3.8, 4) is 0 Å². The lowest BCUT2D eigenvalue weighted by molar-refractivity contribution is -0.115. The minimum Gasteiger partial charge on any atom is -0.302 e. The van der Waals surface area contributed by atoms with Gasteiger partial charge in [-0.15, -0.1) is 11.3 Å². The second-order valence-corrected chi connectivity index (χ2v) is 9.71. The van der Waals surface area contributed by atoms with E-state index in [0.717, 1.165) is 26.0 Å². The third-order valence-electron chi connectivity index (χ3n) is 4.15. The van der Waals surface area contributed by atoms with Gasteiger partial charge in [0, 0.05) is 11.1 Å². The Hall–Kier alpha value is -2.22. The van der Waals surface area contributed by atoms with E-state index < -0.39 is 0 Å². The minimum absolute atomic E-state index is 0.0869. The van der Waals surface area contributed by atoms with Crippen molar-refractivity contribution in [2.75, 3.05) is 5.32 Å². The highest BCUT2D eigenvalue weighted by atomic mass is 32.2. The smallest absolute Gasteiger partial charge is 0.232 e. The van der Waals surface area contributed by atoms with Crippen LogP contribution >= 0.6 is 34.4 Å². The van der Waals surface area contributed by atoms with E-state index in [2.05, 4.69) is 52.5 Å². The highest BCUT2D eigenvalue weighted by molar-refractivity contribution is 8.00. The Morgan fingerprint density at radius 2 is 1.86 bits per heavy atom. The molecule has 0 saturated carbocycles. The quantitative estimate of drug-likeness (QED) is 0.394. The molecule has 28 heavy (non-hydrogen) atoms. The highest BCUT2D eigenvalue weighted by Gasteiger charge is 2.11. The van der Waals surface area contributed by atoms with Crippen LogP contribution < -0.4 is 5.32 Å². The summed E-state index contributed by atoms with van der Waals surface area (Å²) in [4.78, 5) is 21.4. The average molecular weight is 426 g/mol. The molecule has 0 aliphatic rings. The fourth-order valence-corrected chi connectivity index (χ4v) is 5.46. The third kappa shape index (κ3) is 4.79. The first-order valence-electron chi connectivity index (χ1n) is 8.85. The Labute approximate surface area is 176 Å². The SMILES string of the molecule is Cc1ccc(CSc2nc(CC(=O)Nc3nc4ccc(C)cc4s3)cs2)cc1. The van der Waals surface area contributed by atoms with Crippen LogP contribution in [0.4, 0.5) is 5.13 Å². The van der Waals surface area contributed by atoms with E-state index in [0.29, 0.717) is 5.13 Å². The summed E-state index contributed by atoms with van der Waals surface area (Å²) in [6, 6.07) is 14.6. The summed E-state index contributed by atoms with van der Waals surface area (Å²) < 4.78 is 2.07. The maximum Gasteiger partial charge on any atom is 0.232 e. The van der Waals surface area contributed by atoms with Crippen molar-refractivity contribution >= 4 is 55.7 Å². The molecule has 1 N–H and O–H groups in total. The van der Waals surface area contributed by atoms with Crippen molar-refractivity contribution < 1.29 is 4.79 Å². The minimum atomic E-state index is -0.0869. The Morgan fingerprint density at radius 1 is 1.07 bits per heavy atom. The maximum absolute atomic E-state index is 12.4. The van der Waals surface area contributed by atoms with Gasteiger partial charge >= 0.3 is 0 Å². The van der Waals surface area contributed by atoms with Crippen molar-refractivity contribution in [2.24, 2.45) is 0 Å². The lowest BCUT2D eigenvalue weighted by atomic mass is 10.2. The second-order valence-electron chi connectivity index (χ2n) is 6.59. The number of anilines is 1. The normalized spacial score (nSPS) is 11.1. The molecular weight excluding hydrogens is 406 g/mol. The number of carbonyl (C=O) groups is 1. The van der Waals surface area contributed by atoms with Gasteiger partial charge in [0.15, 0.2) is 5.13 Å². The fraction of sp³-hybridized carbons (Fsp3) is 0.190. The molecule has 2 heterocycles. The molecule has 142 valence electrons. The lowest BCUT2D eigenvalue weighted by Gasteiger charge is -2.00. The number of aryl methyl sites for hydroxylation is 2. The largest absolute Gasteiger partial charge is 0.302 e. The molecule has 0 aliphatic carbocycles. The predicted molar refractivity (Wildman–Crippen MR) is 120 cm³/mol. The first-order chi connectivity index (χ1) is 13.5. The summed E-state index contributed by atoms with van der Waals surface area (Å²) in [5.74, 6) is 0.793.